The van der Waals surface area contributed by atoms with Crippen molar-refractivity contribution in [2.45, 2.75) is 51.7 Å². The molecule has 31 heavy (non-hydrogen) atoms. The van der Waals surface area contributed by atoms with Gasteiger partial charge in [-0.1, -0.05) is 17.7 Å². The zero-order chi connectivity index (χ0) is 23.0. The van der Waals surface area contributed by atoms with Gasteiger partial charge in [0.15, 0.2) is 0 Å². The van der Waals surface area contributed by atoms with Crippen LogP contribution in [0, 0.1) is 0 Å². The zero-order valence-electron chi connectivity index (χ0n) is 17.6. The summed E-state index contributed by atoms with van der Waals surface area (Å²) < 4.78 is 5.19. The molecule has 1 aromatic carbocycles. The van der Waals surface area contributed by atoms with Crippen molar-refractivity contribution in [3.05, 3.63) is 58.9 Å². The number of carbonyl (C=O) groups is 3. The molecule has 1 aromatic heterocycles. The van der Waals surface area contributed by atoms with E-state index >= 15 is 0 Å². The number of rotatable bonds is 8. The molecule has 1 unspecified atom stereocenters. The number of hydrogen-bond acceptors (Lipinski definition) is 5. The van der Waals surface area contributed by atoms with Crippen molar-refractivity contribution < 1.29 is 24.2 Å². The van der Waals surface area contributed by atoms with Gasteiger partial charge in [-0.15, -0.1) is 0 Å². The highest BCUT2D eigenvalue weighted by molar-refractivity contribution is 6.30. The second-order valence-corrected chi connectivity index (χ2v) is 8.40. The number of nitrogens with zero attached hydrogens (tertiary/aromatic N) is 1. The molecule has 1 atom stereocenters. The van der Waals surface area contributed by atoms with Crippen LogP contribution in [0.15, 0.2) is 42.7 Å². The maximum atomic E-state index is 12.9. The van der Waals surface area contributed by atoms with Gasteiger partial charge in [0, 0.05) is 35.9 Å². The first-order chi connectivity index (χ1) is 14.5. The fourth-order valence-corrected chi connectivity index (χ4v) is 2.95. The number of ether oxygens (including phenoxy) is 1. The molecule has 2 amide bonds. The number of hydrogen-bond donors (Lipinski definition) is 3. The Morgan fingerprint density at radius 3 is 2.58 bits per heavy atom. The molecule has 2 aromatic rings. The van der Waals surface area contributed by atoms with Crippen molar-refractivity contribution in [3.63, 3.8) is 0 Å². The van der Waals surface area contributed by atoms with Crippen molar-refractivity contribution in [1.82, 2.24) is 10.3 Å². The van der Waals surface area contributed by atoms with Gasteiger partial charge in [-0.2, -0.15) is 0 Å². The average Bonchev–Trinajstić information content (AvgIpc) is 2.66. The number of carboxylic acids is 1. The summed E-state index contributed by atoms with van der Waals surface area (Å²) in [7, 11) is 0. The Morgan fingerprint density at radius 2 is 1.97 bits per heavy atom. The second kappa shape index (κ2) is 10.8. The van der Waals surface area contributed by atoms with Gasteiger partial charge >= 0.3 is 12.1 Å². The van der Waals surface area contributed by atoms with Crippen LogP contribution < -0.4 is 10.6 Å². The molecule has 1 heterocycles. The number of carbonyl (C=O) groups excluding carboxylic acids is 2. The summed E-state index contributed by atoms with van der Waals surface area (Å²) >= 11 is 6.13. The Kier molecular flexibility index (Phi) is 8.38. The fourth-order valence-electron chi connectivity index (χ4n) is 2.76. The Balaban J connectivity index is 2.19. The van der Waals surface area contributed by atoms with Gasteiger partial charge in [0.1, 0.15) is 11.6 Å². The molecule has 166 valence electrons. The van der Waals surface area contributed by atoms with Crippen LogP contribution in [-0.4, -0.2) is 39.7 Å². The molecule has 0 bridgehead atoms. The zero-order valence-corrected chi connectivity index (χ0v) is 18.4. The summed E-state index contributed by atoms with van der Waals surface area (Å²) in [4.78, 5) is 40.1. The highest BCUT2D eigenvalue weighted by atomic mass is 35.5. The van der Waals surface area contributed by atoms with Crippen LogP contribution in [0.1, 0.15) is 44.7 Å². The van der Waals surface area contributed by atoms with Crippen LogP contribution in [0.5, 0.6) is 0 Å². The number of alkyl carbamates (subject to hydrolysis) is 1. The Labute approximate surface area is 186 Å². The lowest BCUT2D eigenvalue weighted by molar-refractivity contribution is -0.137. The van der Waals surface area contributed by atoms with Gasteiger partial charge in [-0.05, 0) is 62.6 Å². The number of pyridine rings is 1. The van der Waals surface area contributed by atoms with Gasteiger partial charge in [0.05, 0.1) is 0 Å². The number of aliphatic carboxylic acids is 1. The third kappa shape index (κ3) is 8.64. The van der Waals surface area contributed by atoms with Crippen LogP contribution in [0.2, 0.25) is 5.02 Å². The molecule has 0 saturated heterocycles. The van der Waals surface area contributed by atoms with E-state index in [4.69, 9.17) is 21.4 Å². The predicted molar refractivity (Wildman–Crippen MR) is 117 cm³/mol. The van der Waals surface area contributed by atoms with Gasteiger partial charge < -0.3 is 20.5 Å². The van der Waals surface area contributed by atoms with Crippen LogP contribution in [0.4, 0.5) is 10.5 Å². The number of halogens is 1. The third-order valence-electron chi connectivity index (χ3n) is 4.10. The highest BCUT2D eigenvalue weighted by Gasteiger charge is 2.25. The van der Waals surface area contributed by atoms with Crippen molar-refractivity contribution in [2.75, 3.05) is 5.32 Å². The first-order valence-electron chi connectivity index (χ1n) is 9.73. The van der Waals surface area contributed by atoms with E-state index in [2.05, 4.69) is 15.6 Å². The van der Waals surface area contributed by atoms with E-state index in [1.54, 1.807) is 51.4 Å². The summed E-state index contributed by atoms with van der Waals surface area (Å²) in [5, 5.41) is 14.7. The van der Waals surface area contributed by atoms with Crippen molar-refractivity contribution in [1.29, 1.82) is 0 Å². The monoisotopic (exact) mass is 447 g/mol. The summed E-state index contributed by atoms with van der Waals surface area (Å²) in [6, 6.07) is 7.65. The fraction of sp³-hybridized carbons (Fsp3) is 0.364. The molecule has 3 N–H and O–H groups in total. The lowest BCUT2D eigenvalue weighted by Crippen LogP contribution is -2.46. The topological polar surface area (TPSA) is 118 Å². The second-order valence-electron chi connectivity index (χ2n) is 7.96. The first kappa shape index (κ1) is 24.1. The summed E-state index contributed by atoms with van der Waals surface area (Å²) in [5.41, 5.74) is 1.42. The summed E-state index contributed by atoms with van der Waals surface area (Å²) in [6.45, 7) is 5.08. The Bertz CT molecular complexity index is 928. The lowest BCUT2D eigenvalue weighted by atomic mass is 10.0. The lowest BCUT2D eigenvalue weighted by Gasteiger charge is -2.23. The number of nitrogens with one attached hydrogen (secondary N) is 2. The number of amides is 2. The molecular formula is C22H26ClN3O5. The largest absolute Gasteiger partial charge is 0.481 e. The van der Waals surface area contributed by atoms with Crippen LogP contribution in [0.25, 0.3) is 0 Å². The molecule has 0 aliphatic heterocycles. The minimum atomic E-state index is -1.09. The number of benzene rings is 1. The average molecular weight is 448 g/mol. The molecule has 2 rings (SSSR count). The van der Waals surface area contributed by atoms with Gasteiger partial charge in [-0.25, -0.2) is 4.79 Å². The molecular weight excluding hydrogens is 422 g/mol. The maximum Gasteiger partial charge on any atom is 0.408 e. The Morgan fingerprint density at radius 1 is 1.23 bits per heavy atom. The number of aromatic nitrogens is 1. The van der Waals surface area contributed by atoms with E-state index in [1.165, 1.54) is 0 Å². The standard InChI is InChI=1S/C22H26ClN3O5/c1-22(2,3)31-21(30)26-18(8-9-19(27)28)20(29)25-17-7-6-16(23)12-15(17)11-14-5-4-10-24-13-14/h4-7,10,12-13,18H,8-9,11H2,1-3H3,(H,25,29)(H,26,30)(H,27,28). The van der Waals surface area contributed by atoms with E-state index in [0.29, 0.717) is 17.1 Å². The molecule has 0 radical (unpaired) electrons. The highest BCUT2D eigenvalue weighted by Crippen LogP contribution is 2.24. The quantitative estimate of drug-likeness (QED) is 0.562. The van der Waals surface area contributed by atoms with Crippen molar-refractivity contribution in [3.8, 4) is 0 Å². The summed E-state index contributed by atoms with van der Waals surface area (Å²) in [6.07, 6.45) is 2.67. The third-order valence-corrected chi connectivity index (χ3v) is 4.33. The minimum Gasteiger partial charge on any atom is -0.481 e. The van der Waals surface area contributed by atoms with Gasteiger partial charge in [0.2, 0.25) is 5.91 Å². The smallest absolute Gasteiger partial charge is 0.408 e. The van der Waals surface area contributed by atoms with Crippen LogP contribution in [0.3, 0.4) is 0 Å². The van der Waals surface area contributed by atoms with E-state index in [-0.39, 0.29) is 12.8 Å². The number of anilines is 1. The first-order valence-corrected chi connectivity index (χ1v) is 10.1. The minimum absolute atomic E-state index is 0.0913. The molecule has 9 heteroatoms. The SMILES string of the molecule is CC(C)(C)OC(=O)NC(CCC(=O)O)C(=O)Nc1ccc(Cl)cc1Cc1cccnc1. The Hall–Kier alpha value is -3.13. The van der Waals surface area contributed by atoms with Gasteiger partial charge in [0.25, 0.3) is 0 Å². The molecule has 0 aliphatic carbocycles. The normalized spacial score (nSPS) is 12.0. The maximum absolute atomic E-state index is 12.9. The molecule has 0 aliphatic rings. The summed E-state index contributed by atoms with van der Waals surface area (Å²) in [5.74, 6) is -1.63. The van der Waals surface area contributed by atoms with Crippen LogP contribution >= 0.6 is 11.6 Å². The van der Waals surface area contributed by atoms with E-state index < -0.39 is 29.6 Å². The molecule has 0 saturated carbocycles. The number of carboxylic acid groups (broad SMARTS) is 1. The predicted octanol–water partition coefficient (Wildman–Crippen LogP) is 4.02. The van der Waals surface area contributed by atoms with Crippen molar-refractivity contribution in [2.24, 2.45) is 0 Å². The van der Waals surface area contributed by atoms with Crippen molar-refractivity contribution >= 4 is 35.3 Å². The molecule has 0 spiro atoms. The van der Waals surface area contributed by atoms with E-state index in [9.17, 15) is 14.4 Å². The molecule has 8 nitrogen and oxygen atoms in total. The van der Waals surface area contributed by atoms with E-state index in [0.717, 1.165) is 11.1 Å². The van der Waals surface area contributed by atoms with E-state index in [1.807, 2.05) is 12.1 Å². The van der Waals surface area contributed by atoms with Gasteiger partial charge in [-0.3, -0.25) is 14.6 Å². The molecule has 0 fully saturated rings. The van der Waals surface area contributed by atoms with Crippen LogP contribution in [-0.2, 0) is 20.7 Å².